The molecule has 0 unspecified atom stereocenters. The number of carbonyl (C=O) groups excluding carboxylic acids is 1. The number of aromatic nitrogens is 4. The van der Waals surface area contributed by atoms with Gasteiger partial charge in [0.15, 0.2) is 0 Å². The number of rotatable bonds is 6. The fourth-order valence-corrected chi connectivity index (χ4v) is 4.78. The lowest BCUT2D eigenvalue weighted by Crippen LogP contribution is -2.32. The molecule has 0 saturated heterocycles. The zero-order valence-electron chi connectivity index (χ0n) is 18.9. The highest BCUT2D eigenvalue weighted by Crippen LogP contribution is 2.35. The van der Waals surface area contributed by atoms with Crippen LogP contribution in [-0.4, -0.2) is 32.6 Å². The fourth-order valence-electron chi connectivity index (χ4n) is 4.78. The number of carbonyl (C=O) groups is 1. The first-order chi connectivity index (χ1) is 16.1. The number of aryl methyl sites for hydroxylation is 2. The molecule has 0 radical (unpaired) electrons. The van der Waals surface area contributed by atoms with Gasteiger partial charge in [0.05, 0.1) is 18.9 Å². The van der Waals surface area contributed by atoms with E-state index in [0.29, 0.717) is 36.4 Å². The Bertz CT molecular complexity index is 1260. The van der Waals surface area contributed by atoms with Crippen molar-refractivity contribution in [2.24, 2.45) is 5.92 Å². The fraction of sp³-hybridized carbons (Fsp3) is 0.400. The summed E-state index contributed by atoms with van der Waals surface area (Å²) in [4.78, 5) is 20.9. The molecular weight excluding hydrogens is 418 g/mol. The van der Waals surface area contributed by atoms with Crippen molar-refractivity contribution < 1.29 is 13.6 Å². The maximum atomic E-state index is 12.6. The molecule has 1 fully saturated rings. The summed E-state index contributed by atoms with van der Waals surface area (Å²) in [5, 5.41) is 12.5. The minimum Gasteiger partial charge on any atom is -0.464 e. The molecule has 4 aromatic rings. The Labute approximate surface area is 191 Å². The van der Waals surface area contributed by atoms with Crippen LogP contribution in [0.1, 0.15) is 54.2 Å². The predicted octanol–water partition coefficient (Wildman–Crippen LogP) is 4.52. The molecule has 8 nitrogen and oxygen atoms in total. The van der Waals surface area contributed by atoms with Gasteiger partial charge in [0, 0.05) is 35.8 Å². The number of hydrogen-bond donors (Lipinski definition) is 1. The monoisotopic (exact) mass is 445 g/mol. The Morgan fingerprint density at radius 1 is 1.12 bits per heavy atom. The first-order valence-electron chi connectivity index (χ1n) is 11.4. The molecule has 5 rings (SSSR count). The van der Waals surface area contributed by atoms with Gasteiger partial charge in [-0.25, -0.2) is 4.98 Å². The van der Waals surface area contributed by atoms with Crippen molar-refractivity contribution >= 4 is 16.9 Å². The van der Waals surface area contributed by atoms with E-state index in [1.807, 2.05) is 13.0 Å². The molecule has 1 aromatic carbocycles. The molecular formula is C25H27N5O3. The normalized spacial score (nSPS) is 18.5. The number of fused-ring (bicyclic) bond motifs is 1. The quantitative estimate of drug-likeness (QED) is 0.465. The largest absolute Gasteiger partial charge is 0.464 e. The molecule has 170 valence electrons. The van der Waals surface area contributed by atoms with Crippen LogP contribution in [0.5, 0.6) is 0 Å². The molecule has 1 saturated carbocycles. The van der Waals surface area contributed by atoms with Crippen LogP contribution < -0.4 is 5.32 Å². The Morgan fingerprint density at radius 2 is 1.97 bits per heavy atom. The highest BCUT2D eigenvalue weighted by atomic mass is 16.4. The average Bonchev–Trinajstić information content (AvgIpc) is 3.47. The van der Waals surface area contributed by atoms with Crippen molar-refractivity contribution in [3.05, 3.63) is 59.6 Å². The van der Waals surface area contributed by atoms with Crippen LogP contribution in [0, 0.1) is 19.8 Å². The van der Waals surface area contributed by atoms with E-state index in [1.165, 1.54) is 0 Å². The summed E-state index contributed by atoms with van der Waals surface area (Å²) in [6.07, 6.45) is 10.8. The van der Waals surface area contributed by atoms with Crippen LogP contribution in [0.3, 0.4) is 0 Å². The lowest BCUT2D eigenvalue weighted by Gasteiger charge is -2.26. The first kappa shape index (κ1) is 21.3. The summed E-state index contributed by atoms with van der Waals surface area (Å²) < 4.78 is 11.5. The van der Waals surface area contributed by atoms with E-state index in [1.54, 1.807) is 24.9 Å². The van der Waals surface area contributed by atoms with E-state index in [-0.39, 0.29) is 11.8 Å². The highest BCUT2D eigenvalue weighted by Gasteiger charge is 2.27. The Hall–Kier alpha value is -3.55. The van der Waals surface area contributed by atoms with Gasteiger partial charge in [-0.05, 0) is 62.6 Å². The van der Waals surface area contributed by atoms with E-state index in [4.69, 9.17) is 8.83 Å². The van der Waals surface area contributed by atoms with Crippen LogP contribution in [0.15, 0.2) is 45.8 Å². The molecule has 1 aliphatic carbocycles. The number of amides is 1. The van der Waals surface area contributed by atoms with Gasteiger partial charge in [0.25, 0.3) is 5.89 Å². The third kappa shape index (κ3) is 4.65. The molecule has 0 atom stereocenters. The zero-order chi connectivity index (χ0) is 22.8. The standard InChI is InChI=1S/C25H27N5O3/c1-15-9-16(2)23-19(14-32-21(23)10-15)11-22(31)28-12-17-3-5-18(6-4-17)24-29-30-25(33-24)20-13-26-7-8-27-20/h7-10,13-14,17-18H,3-6,11-12H2,1-2H3,(H,28,31). The molecule has 0 spiro atoms. The third-order valence-electron chi connectivity index (χ3n) is 6.45. The summed E-state index contributed by atoms with van der Waals surface area (Å²) in [5.41, 5.74) is 4.68. The average molecular weight is 446 g/mol. The van der Waals surface area contributed by atoms with Gasteiger partial charge in [-0.1, -0.05) is 6.07 Å². The topological polar surface area (TPSA) is 107 Å². The minimum absolute atomic E-state index is 0.0327. The summed E-state index contributed by atoms with van der Waals surface area (Å²) in [6.45, 7) is 4.80. The van der Waals surface area contributed by atoms with E-state index < -0.39 is 0 Å². The molecule has 8 heteroatoms. The van der Waals surface area contributed by atoms with E-state index in [2.05, 4.69) is 38.5 Å². The number of furan rings is 1. The maximum absolute atomic E-state index is 12.6. The summed E-state index contributed by atoms with van der Waals surface area (Å²) in [7, 11) is 0. The predicted molar refractivity (Wildman–Crippen MR) is 122 cm³/mol. The number of benzene rings is 1. The van der Waals surface area contributed by atoms with Crippen molar-refractivity contribution in [2.75, 3.05) is 6.54 Å². The van der Waals surface area contributed by atoms with Gasteiger partial charge < -0.3 is 14.2 Å². The summed E-state index contributed by atoms with van der Waals surface area (Å²) in [6, 6.07) is 4.14. The molecule has 0 bridgehead atoms. The minimum atomic E-state index is 0.0327. The molecule has 1 aliphatic rings. The van der Waals surface area contributed by atoms with Crippen LogP contribution >= 0.6 is 0 Å². The van der Waals surface area contributed by atoms with E-state index in [9.17, 15) is 4.79 Å². The highest BCUT2D eigenvalue weighted by molar-refractivity contribution is 5.90. The van der Waals surface area contributed by atoms with Crippen LogP contribution in [-0.2, 0) is 11.2 Å². The smallest absolute Gasteiger partial charge is 0.267 e. The summed E-state index contributed by atoms with van der Waals surface area (Å²) >= 11 is 0. The second kappa shape index (κ2) is 9.13. The van der Waals surface area contributed by atoms with Crippen molar-refractivity contribution in [1.29, 1.82) is 0 Å². The van der Waals surface area contributed by atoms with Gasteiger partial charge in [-0.15, -0.1) is 10.2 Å². The van der Waals surface area contributed by atoms with Gasteiger partial charge in [-0.2, -0.15) is 0 Å². The van der Waals surface area contributed by atoms with Crippen molar-refractivity contribution in [2.45, 2.75) is 51.9 Å². The third-order valence-corrected chi connectivity index (χ3v) is 6.45. The number of hydrogen-bond acceptors (Lipinski definition) is 7. The Kier molecular flexibility index (Phi) is 5.90. The second-order valence-corrected chi connectivity index (χ2v) is 8.95. The second-order valence-electron chi connectivity index (χ2n) is 8.95. The summed E-state index contributed by atoms with van der Waals surface area (Å²) in [5.74, 6) is 1.81. The van der Waals surface area contributed by atoms with Crippen LogP contribution in [0.2, 0.25) is 0 Å². The van der Waals surface area contributed by atoms with E-state index >= 15 is 0 Å². The van der Waals surface area contributed by atoms with Gasteiger partial charge in [-0.3, -0.25) is 9.78 Å². The lowest BCUT2D eigenvalue weighted by atomic mass is 9.82. The Morgan fingerprint density at radius 3 is 2.76 bits per heavy atom. The van der Waals surface area contributed by atoms with Crippen LogP contribution in [0.25, 0.3) is 22.6 Å². The Balaban J connectivity index is 1.12. The zero-order valence-corrected chi connectivity index (χ0v) is 18.9. The van der Waals surface area contributed by atoms with Gasteiger partial charge in [0.2, 0.25) is 11.8 Å². The maximum Gasteiger partial charge on any atom is 0.267 e. The van der Waals surface area contributed by atoms with Crippen molar-refractivity contribution in [3.63, 3.8) is 0 Å². The number of nitrogens with zero attached hydrogens (tertiary/aromatic N) is 4. The first-order valence-corrected chi connectivity index (χ1v) is 11.4. The van der Waals surface area contributed by atoms with Gasteiger partial charge in [0.1, 0.15) is 11.3 Å². The molecule has 1 N–H and O–H groups in total. The molecule has 0 aliphatic heterocycles. The lowest BCUT2D eigenvalue weighted by molar-refractivity contribution is -0.120. The van der Waals surface area contributed by atoms with Crippen molar-refractivity contribution in [1.82, 2.24) is 25.5 Å². The SMILES string of the molecule is Cc1cc(C)c2c(CC(=O)NCC3CCC(c4nnc(-c5cnccn5)o4)CC3)coc2c1. The van der Waals surface area contributed by atoms with Gasteiger partial charge >= 0.3 is 0 Å². The molecule has 3 aromatic heterocycles. The molecule has 3 heterocycles. The van der Waals surface area contributed by atoms with E-state index in [0.717, 1.165) is 53.3 Å². The molecule has 33 heavy (non-hydrogen) atoms. The molecule has 1 amide bonds. The van der Waals surface area contributed by atoms with Crippen LogP contribution in [0.4, 0.5) is 0 Å². The number of nitrogens with one attached hydrogen (secondary N) is 1. The van der Waals surface area contributed by atoms with Crippen molar-refractivity contribution in [3.8, 4) is 11.6 Å².